The Morgan fingerprint density at radius 1 is 1.10 bits per heavy atom. The summed E-state index contributed by atoms with van der Waals surface area (Å²) in [6, 6.07) is 9.12. The highest BCUT2D eigenvalue weighted by Crippen LogP contribution is 2.45. The van der Waals surface area contributed by atoms with Crippen LogP contribution < -0.4 is 4.74 Å². The molecule has 3 heterocycles. The van der Waals surface area contributed by atoms with Crippen LogP contribution in [0.25, 0.3) is 10.9 Å². The number of pyridine rings is 1. The van der Waals surface area contributed by atoms with Crippen LogP contribution in [0.4, 0.5) is 0 Å². The number of aromatic nitrogens is 2. The zero-order valence-corrected chi connectivity index (χ0v) is 19.0. The molecule has 1 saturated heterocycles. The monoisotopic (exact) mass is 439 g/mol. The Balaban J connectivity index is 1.74. The van der Waals surface area contributed by atoms with Crippen LogP contribution in [0.5, 0.6) is 5.88 Å². The molecule has 1 aliphatic heterocycles. The summed E-state index contributed by atoms with van der Waals surface area (Å²) in [6.07, 6.45) is 7.67. The van der Waals surface area contributed by atoms with Gasteiger partial charge in [0.05, 0.1) is 12.0 Å². The minimum absolute atomic E-state index is 0.286. The number of methoxy groups -OCH3 is 1. The van der Waals surface area contributed by atoms with E-state index in [0.29, 0.717) is 23.9 Å². The van der Waals surface area contributed by atoms with Crippen LogP contribution in [-0.2, 0) is 16.6 Å². The highest BCUT2D eigenvalue weighted by atomic mass is 32.2. The maximum absolute atomic E-state index is 13.9. The first-order chi connectivity index (χ1) is 15.0. The van der Waals surface area contributed by atoms with Crippen LogP contribution in [0.15, 0.2) is 41.4 Å². The van der Waals surface area contributed by atoms with Crippen molar-refractivity contribution in [3.8, 4) is 5.88 Å². The van der Waals surface area contributed by atoms with Gasteiger partial charge < -0.3 is 4.74 Å². The third-order valence-corrected chi connectivity index (χ3v) is 8.23. The molecule has 0 spiro atoms. The number of rotatable bonds is 6. The third kappa shape index (κ3) is 3.74. The van der Waals surface area contributed by atoms with Gasteiger partial charge in [0.1, 0.15) is 5.52 Å². The van der Waals surface area contributed by atoms with Gasteiger partial charge in [-0.2, -0.15) is 0 Å². The van der Waals surface area contributed by atoms with Crippen LogP contribution in [0.1, 0.15) is 54.8 Å². The fourth-order valence-corrected chi connectivity index (χ4v) is 6.17. The van der Waals surface area contributed by atoms with Gasteiger partial charge >= 0.3 is 0 Å². The lowest BCUT2D eigenvalue weighted by Crippen LogP contribution is -2.30. The lowest BCUT2D eigenvalue weighted by atomic mass is 10.1. The molecule has 2 fully saturated rings. The van der Waals surface area contributed by atoms with Crippen LogP contribution in [-0.4, -0.2) is 42.5 Å². The number of aryl methyl sites for hydroxylation is 1. The van der Waals surface area contributed by atoms with Crippen molar-refractivity contribution in [1.29, 1.82) is 0 Å². The van der Waals surface area contributed by atoms with Crippen LogP contribution >= 0.6 is 0 Å². The first-order valence-corrected chi connectivity index (χ1v) is 12.5. The number of nitrogens with zero attached hydrogens (tertiary/aromatic N) is 3. The molecule has 1 aliphatic carbocycles. The summed E-state index contributed by atoms with van der Waals surface area (Å²) in [5.41, 5.74) is 3.51. The molecule has 0 N–H and O–H groups in total. The van der Waals surface area contributed by atoms with Crippen molar-refractivity contribution in [3.05, 3.63) is 53.3 Å². The summed E-state index contributed by atoms with van der Waals surface area (Å²) in [4.78, 5) is 7.15. The molecule has 2 aromatic heterocycles. The Hall–Kier alpha value is -2.38. The number of piperidine rings is 1. The van der Waals surface area contributed by atoms with Crippen molar-refractivity contribution in [2.24, 2.45) is 0 Å². The third-order valence-electron chi connectivity index (χ3n) is 6.47. The molecule has 0 bridgehead atoms. The molecule has 1 saturated carbocycles. The average Bonchev–Trinajstić information content (AvgIpc) is 3.54. The standard InChI is InChI=1S/C24H29N3O3S/c1-17-6-10-20(11-7-17)31(28,29)27-19(16-26-12-4-3-5-13-26)14-21-22(18-8-9-18)15-25-24(30-2)23(21)27/h6-7,10-11,14-15,18H,3-5,8-9,12-13,16H2,1-2H3. The Morgan fingerprint density at radius 2 is 1.81 bits per heavy atom. The molecule has 2 aliphatic rings. The number of hydrogen-bond acceptors (Lipinski definition) is 5. The summed E-state index contributed by atoms with van der Waals surface area (Å²) in [5.74, 6) is 0.821. The molecule has 3 aromatic rings. The predicted molar refractivity (Wildman–Crippen MR) is 121 cm³/mol. The number of benzene rings is 1. The van der Waals surface area contributed by atoms with E-state index in [1.165, 1.54) is 10.4 Å². The molecule has 31 heavy (non-hydrogen) atoms. The second kappa shape index (κ2) is 7.95. The molecule has 0 unspecified atom stereocenters. The van der Waals surface area contributed by atoms with E-state index < -0.39 is 10.0 Å². The minimum atomic E-state index is -3.81. The van der Waals surface area contributed by atoms with E-state index in [4.69, 9.17) is 4.74 Å². The summed E-state index contributed by atoms with van der Waals surface area (Å²) >= 11 is 0. The minimum Gasteiger partial charge on any atom is -0.479 e. The predicted octanol–water partition coefficient (Wildman–Crippen LogP) is 4.45. The highest BCUT2D eigenvalue weighted by molar-refractivity contribution is 7.90. The van der Waals surface area contributed by atoms with Gasteiger partial charge in [0.25, 0.3) is 10.0 Å². The molecular weight excluding hydrogens is 410 g/mol. The number of hydrogen-bond donors (Lipinski definition) is 0. The molecule has 1 aromatic carbocycles. The zero-order valence-electron chi connectivity index (χ0n) is 18.2. The van der Waals surface area contributed by atoms with E-state index >= 15 is 0 Å². The highest BCUT2D eigenvalue weighted by Gasteiger charge is 2.32. The van der Waals surface area contributed by atoms with Crippen molar-refractivity contribution in [2.75, 3.05) is 20.2 Å². The van der Waals surface area contributed by atoms with E-state index in [-0.39, 0.29) is 4.90 Å². The fraction of sp³-hybridized carbons (Fsp3) is 0.458. The van der Waals surface area contributed by atoms with E-state index in [1.807, 2.05) is 25.3 Å². The van der Waals surface area contributed by atoms with Gasteiger partial charge in [-0.05, 0) is 75.4 Å². The van der Waals surface area contributed by atoms with Crippen molar-refractivity contribution < 1.29 is 13.2 Å². The lowest BCUT2D eigenvalue weighted by molar-refractivity contribution is 0.218. The number of likely N-dealkylation sites (tertiary alicyclic amines) is 1. The van der Waals surface area contributed by atoms with E-state index in [0.717, 1.165) is 61.0 Å². The Morgan fingerprint density at radius 3 is 2.45 bits per heavy atom. The van der Waals surface area contributed by atoms with E-state index in [2.05, 4.69) is 16.0 Å². The smallest absolute Gasteiger partial charge is 0.268 e. The van der Waals surface area contributed by atoms with Gasteiger partial charge in [-0.15, -0.1) is 0 Å². The van der Waals surface area contributed by atoms with Crippen molar-refractivity contribution in [2.45, 2.75) is 56.4 Å². The normalized spacial score (nSPS) is 17.9. The molecule has 7 heteroatoms. The van der Waals surface area contributed by atoms with E-state index in [9.17, 15) is 8.42 Å². The lowest BCUT2D eigenvalue weighted by Gasteiger charge is -2.26. The van der Waals surface area contributed by atoms with Gasteiger partial charge in [0.15, 0.2) is 0 Å². The number of ether oxygens (including phenoxy) is 1. The molecule has 5 rings (SSSR count). The van der Waals surface area contributed by atoms with Crippen LogP contribution in [0.2, 0.25) is 0 Å². The summed E-state index contributed by atoms with van der Waals surface area (Å²) in [6.45, 7) is 4.55. The molecule has 164 valence electrons. The molecular formula is C24H29N3O3S. The summed E-state index contributed by atoms with van der Waals surface area (Å²) in [5, 5.41) is 0.956. The first-order valence-electron chi connectivity index (χ1n) is 11.1. The Kier molecular flexibility index (Phi) is 5.26. The zero-order chi connectivity index (χ0) is 21.6. The Bertz CT molecular complexity index is 1210. The quantitative estimate of drug-likeness (QED) is 0.568. The summed E-state index contributed by atoms with van der Waals surface area (Å²) in [7, 11) is -2.25. The van der Waals surface area contributed by atoms with Crippen LogP contribution in [0.3, 0.4) is 0 Å². The largest absolute Gasteiger partial charge is 0.479 e. The summed E-state index contributed by atoms with van der Waals surface area (Å²) < 4.78 is 34.9. The number of fused-ring (bicyclic) bond motifs is 1. The maximum atomic E-state index is 13.9. The second-order valence-electron chi connectivity index (χ2n) is 8.81. The topological polar surface area (TPSA) is 64.4 Å². The van der Waals surface area contributed by atoms with Gasteiger partial charge in [-0.1, -0.05) is 24.1 Å². The molecule has 0 atom stereocenters. The SMILES string of the molecule is COc1ncc(C2CC2)c2cc(CN3CCCCC3)n(S(=O)(=O)c3ccc(C)cc3)c12. The van der Waals surface area contributed by atoms with Gasteiger partial charge in [0.2, 0.25) is 5.88 Å². The van der Waals surface area contributed by atoms with Gasteiger partial charge in [-0.3, -0.25) is 4.90 Å². The van der Waals surface area contributed by atoms with Crippen LogP contribution in [0, 0.1) is 6.92 Å². The maximum Gasteiger partial charge on any atom is 0.268 e. The van der Waals surface area contributed by atoms with Gasteiger partial charge in [0, 0.05) is 23.8 Å². The first kappa shape index (κ1) is 20.5. The van der Waals surface area contributed by atoms with Crippen molar-refractivity contribution in [3.63, 3.8) is 0 Å². The van der Waals surface area contributed by atoms with Crippen molar-refractivity contribution in [1.82, 2.24) is 13.9 Å². The molecule has 0 amide bonds. The molecule has 6 nitrogen and oxygen atoms in total. The van der Waals surface area contributed by atoms with Crippen molar-refractivity contribution >= 4 is 20.9 Å². The second-order valence-corrected chi connectivity index (χ2v) is 10.6. The average molecular weight is 440 g/mol. The van der Waals surface area contributed by atoms with Gasteiger partial charge in [-0.25, -0.2) is 17.4 Å². The Labute approximate surface area is 183 Å². The fourth-order valence-electron chi connectivity index (χ4n) is 4.64. The van der Waals surface area contributed by atoms with E-state index in [1.54, 1.807) is 19.2 Å². The molecule has 0 radical (unpaired) electrons.